The molecule has 9 heteroatoms. The molecule has 3 N–H and O–H groups in total. The number of hydrogen-bond donors (Lipinski definition) is 2. The molecule has 0 aliphatic carbocycles. The number of benzene rings is 1. The van der Waals surface area contributed by atoms with E-state index in [0.717, 1.165) is 11.4 Å². The highest BCUT2D eigenvalue weighted by atomic mass is 35.5. The van der Waals surface area contributed by atoms with E-state index in [2.05, 4.69) is 20.1 Å². The highest BCUT2D eigenvalue weighted by molar-refractivity contribution is 5.85. The Balaban J connectivity index is 0.00000132. The zero-order valence-corrected chi connectivity index (χ0v) is 13.9. The molecule has 2 aromatic heterocycles. The third kappa shape index (κ3) is 4.28. The third-order valence-electron chi connectivity index (χ3n) is 3.14. The average molecular weight is 359 g/mol. The first-order valence-electron chi connectivity index (χ1n) is 6.56. The van der Waals surface area contributed by atoms with E-state index >= 15 is 0 Å². The van der Waals surface area contributed by atoms with E-state index < -0.39 is 0 Å². The first-order chi connectivity index (χ1) is 10.1. The van der Waals surface area contributed by atoms with Gasteiger partial charge >= 0.3 is 0 Å². The smallest absolute Gasteiger partial charge is 0.149 e. The highest BCUT2D eigenvalue weighted by Crippen LogP contribution is 2.18. The Kier molecular flexibility index (Phi) is 6.68. The van der Waals surface area contributed by atoms with Crippen molar-refractivity contribution < 1.29 is 4.39 Å². The van der Waals surface area contributed by atoms with Crippen molar-refractivity contribution in [2.45, 2.75) is 19.4 Å². The van der Waals surface area contributed by atoms with Crippen molar-refractivity contribution in [2.75, 3.05) is 0 Å². The number of nitrogens with one attached hydrogen (secondary N) is 1. The van der Waals surface area contributed by atoms with Gasteiger partial charge in [0.15, 0.2) is 0 Å². The fraction of sp³-hybridized carbons (Fsp3) is 0.214. The molecule has 3 rings (SSSR count). The molecular weight excluding hydrogens is 342 g/mol. The number of imidazole rings is 1. The van der Waals surface area contributed by atoms with Crippen LogP contribution in [0.3, 0.4) is 0 Å². The summed E-state index contributed by atoms with van der Waals surface area (Å²) in [6.45, 7) is 1.80. The van der Waals surface area contributed by atoms with Gasteiger partial charge in [-0.3, -0.25) is 0 Å². The Labute approximate surface area is 145 Å². The van der Waals surface area contributed by atoms with E-state index in [1.54, 1.807) is 36.3 Å². The lowest BCUT2D eigenvalue weighted by Crippen LogP contribution is -2.19. The van der Waals surface area contributed by atoms with Crippen molar-refractivity contribution in [2.24, 2.45) is 5.73 Å². The van der Waals surface area contributed by atoms with Crippen LogP contribution in [0, 0.1) is 12.7 Å². The normalized spacial score (nSPS) is 11.4. The van der Waals surface area contributed by atoms with Gasteiger partial charge in [-0.05, 0) is 31.2 Å². The zero-order valence-electron chi connectivity index (χ0n) is 12.3. The Hall–Kier alpha value is -1.96. The molecule has 23 heavy (non-hydrogen) atoms. The fourth-order valence-corrected chi connectivity index (χ4v) is 2.17. The van der Waals surface area contributed by atoms with Crippen LogP contribution in [0.4, 0.5) is 4.39 Å². The van der Waals surface area contributed by atoms with Crippen LogP contribution in [-0.2, 0) is 6.42 Å². The van der Waals surface area contributed by atoms with Crippen LogP contribution >= 0.6 is 24.8 Å². The SMILES string of the molecule is Cc1nc([C@@H](N)Cc2cnc[nH]2)n(-c2ccc(F)cc2)n1.Cl.Cl. The molecule has 0 fully saturated rings. The number of nitrogens with zero attached hydrogens (tertiary/aromatic N) is 4. The third-order valence-corrected chi connectivity index (χ3v) is 3.14. The van der Waals surface area contributed by atoms with E-state index in [1.165, 1.54) is 12.1 Å². The summed E-state index contributed by atoms with van der Waals surface area (Å²) in [6.07, 6.45) is 3.91. The molecule has 1 atom stereocenters. The van der Waals surface area contributed by atoms with E-state index in [9.17, 15) is 4.39 Å². The highest BCUT2D eigenvalue weighted by Gasteiger charge is 2.17. The summed E-state index contributed by atoms with van der Waals surface area (Å²) in [5.41, 5.74) is 7.88. The maximum atomic E-state index is 13.0. The molecule has 0 aliphatic heterocycles. The van der Waals surface area contributed by atoms with Crippen LogP contribution in [-0.4, -0.2) is 24.7 Å². The monoisotopic (exact) mass is 358 g/mol. The van der Waals surface area contributed by atoms with Crippen LogP contribution < -0.4 is 5.73 Å². The minimum absolute atomic E-state index is 0. The maximum Gasteiger partial charge on any atom is 0.149 e. The number of halogens is 3. The number of aromatic nitrogens is 5. The summed E-state index contributed by atoms with van der Waals surface area (Å²) in [7, 11) is 0. The van der Waals surface area contributed by atoms with Gasteiger partial charge in [0, 0.05) is 18.3 Å². The van der Waals surface area contributed by atoms with Crippen LogP contribution in [0.2, 0.25) is 0 Å². The first kappa shape index (κ1) is 19.1. The molecule has 1 aromatic carbocycles. The van der Waals surface area contributed by atoms with Crippen LogP contribution in [0.15, 0.2) is 36.8 Å². The van der Waals surface area contributed by atoms with Gasteiger partial charge in [-0.15, -0.1) is 24.8 Å². The Morgan fingerprint density at radius 1 is 1.26 bits per heavy atom. The van der Waals surface area contributed by atoms with Crippen molar-refractivity contribution in [3.05, 3.63) is 59.9 Å². The quantitative estimate of drug-likeness (QED) is 0.750. The van der Waals surface area contributed by atoms with Gasteiger partial charge in [0.2, 0.25) is 0 Å². The summed E-state index contributed by atoms with van der Waals surface area (Å²) in [4.78, 5) is 11.4. The molecule has 0 amide bonds. The topological polar surface area (TPSA) is 85.4 Å². The van der Waals surface area contributed by atoms with E-state index in [1.807, 2.05) is 0 Å². The Morgan fingerprint density at radius 2 is 1.96 bits per heavy atom. The lowest BCUT2D eigenvalue weighted by Gasteiger charge is -2.11. The van der Waals surface area contributed by atoms with Gasteiger partial charge in [0.05, 0.1) is 18.1 Å². The predicted octanol–water partition coefficient (Wildman–Crippen LogP) is 2.52. The fourth-order valence-electron chi connectivity index (χ4n) is 2.17. The Bertz CT molecular complexity index is 726. The zero-order chi connectivity index (χ0) is 14.8. The van der Waals surface area contributed by atoms with Crippen molar-refractivity contribution in [3.8, 4) is 5.69 Å². The van der Waals surface area contributed by atoms with E-state index in [0.29, 0.717) is 18.1 Å². The first-order valence-corrected chi connectivity index (χ1v) is 6.56. The molecule has 0 unspecified atom stereocenters. The van der Waals surface area contributed by atoms with Crippen LogP contribution in [0.25, 0.3) is 5.69 Å². The average Bonchev–Trinajstić information content (AvgIpc) is 3.09. The second-order valence-electron chi connectivity index (χ2n) is 4.79. The van der Waals surface area contributed by atoms with Crippen LogP contribution in [0.1, 0.15) is 23.4 Å². The van der Waals surface area contributed by atoms with Crippen LogP contribution in [0.5, 0.6) is 0 Å². The standard InChI is InChI=1S/C14H15FN6.2ClH/c1-9-19-14(13(16)6-11-7-17-8-18-11)21(20-9)12-4-2-10(15)3-5-12;;/h2-5,7-8,13H,6,16H2,1H3,(H,17,18);2*1H/t13-;;/m0../s1. The van der Waals surface area contributed by atoms with Crippen molar-refractivity contribution in [1.82, 2.24) is 24.7 Å². The van der Waals surface area contributed by atoms with Gasteiger partial charge in [-0.25, -0.2) is 19.0 Å². The maximum absolute atomic E-state index is 13.0. The molecule has 0 saturated carbocycles. The number of rotatable bonds is 4. The molecule has 124 valence electrons. The summed E-state index contributed by atoms with van der Waals surface area (Å²) in [5, 5.41) is 4.34. The van der Waals surface area contributed by atoms with E-state index in [-0.39, 0.29) is 36.7 Å². The molecule has 3 aromatic rings. The second kappa shape index (κ2) is 8.05. The molecule has 0 radical (unpaired) electrons. The van der Waals surface area contributed by atoms with Crippen molar-refractivity contribution in [3.63, 3.8) is 0 Å². The molecule has 0 saturated heterocycles. The molecule has 6 nitrogen and oxygen atoms in total. The lowest BCUT2D eigenvalue weighted by atomic mass is 10.1. The van der Waals surface area contributed by atoms with Gasteiger partial charge in [0.1, 0.15) is 17.5 Å². The minimum Gasteiger partial charge on any atom is -0.348 e. The summed E-state index contributed by atoms with van der Waals surface area (Å²) >= 11 is 0. The van der Waals surface area contributed by atoms with Gasteiger partial charge in [0.25, 0.3) is 0 Å². The Morgan fingerprint density at radius 3 is 2.57 bits per heavy atom. The van der Waals surface area contributed by atoms with Gasteiger partial charge in [-0.1, -0.05) is 0 Å². The largest absolute Gasteiger partial charge is 0.348 e. The number of hydrogen-bond acceptors (Lipinski definition) is 4. The molecular formula is C14H17Cl2FN6. The summed E-state index contributed by atoms with van der Waals surface area (Å²) < 4.78 is 14.7. The molecule has 2 heterocycles. The summed E-state index contributed by atoms with van der Waals surface area (Å²) in [6, 6.07) is 5.73. The lowest BCUT2D eigenvalue weighted by molar-refractivity contribution is 0.619. The number of aryl methyl sites for hydroxylation is 1. The number of H-pyrrole nitrogens is 1. The minimum atomic E-state index is -0.336. The second-order valence-corrected chi connectivity index (χ2v) is 4.79. The molecule has 0 aliphatic rings. The van der Waals surface area contributed by atoms with Crippen molar-refractivity contribution in [1.29, 1.82) is 0 Å². The van der Waals surface area contributed by atoms with E-state index in [4.69, 9.17) is 5.73 Å². The van der Waals surface area contributed by atoms with Gasteiger partial charge in [-0.2, -0.15) is 5.10 Å². The van der Waals surface area contributed by atoms with Gasteiger partial charge < -0.3 is 10.7 Å². The molecule has 0 spiro atoms. The number of aromatic amines is 1. The van der Waals surface area contributed by atoms with Crippen molar-refractivity contribution >= 4 is 24.8 Å². The molecule has 0 bridgehead atoms. The number of nitrogens with two attached hydrogens (primary N) is 1. The predicted molar refractivity (Wildman–Crippen MR) is 89.8 cm³/mol. The summed E-state index contributed by atoms with van der Waals surface area (Å²) in [5.74, 6) is 0.960.